The smallest absolute Gasteiger partial charge is 0.338 e. The number of piperazine rings is 1. The van der Waals surface area contributed by atoms with Gasteiger partial charge in [-0.2, -0.15) is 4.52 Å². The minimum atomic E-state index is -0.150. The first kappa shape index (κ1) is 32.3. The second kappa shape index (κ2) is 14.8. The molecule has 5 rings (SSSR count). The van der Waals surface area contributed by atoms with E-state index in [4.69, 9.17) is 19.3 Å². The maximum atomic E-state index is 12.4. The molecule has 13 heteroatoms. The van der Waals surface area contributed by atoms with Crippen molar-refractivity contribution in [1.82, 2.24) is 34.9 Å². The Balaban J connectivity index is 1.23. The van der Waals surface area contributed by atoms with Gasteiger partial charge in [0.2, 0.25) is 11.8 Å². The van der Waals surface area contributed by atoms with E-state index in [1.807, 2.05) is 52.1 Å². The van der Waals surface area contributed by atoms with Crippen LogP contribution in [0, 0.1) is 0 Å². The Labute approximate surface area is 264 Å². The number of piperidine rings is 1. The first-order valence-corrected chi connectivity index (χ1v) is 15.9. The van der Waals surface area contributed by atoms with Crippen LogP contribution in [0.1, 0.15) is 57.9 Å². The third-order valence-electron chi connectivity index (χ3n) is 8.55. The summed E-state index contributed by atoms with van der Waals surface area (Å²) in [7, 11) is 3.41. The van der Waals surface area contributed by atoms with Crippen molar-refractivity contribution in [2.75, 3.05) is 65.0 Å². The fraction of sp³-hybridized carbons (Fsp3) is 0.594. The Bertz CT molecular complexity index is 1450. The number of ether oxygens (including phenoxy) is 3. The second-order valence-electron chi connectivity index (χ2n) is 12.1. The molecule has 45 heavy (non-hydrogen) atoms. The number of rotatable bonds is 13. The Morgan fingerprint density at radius 2 is 1.84 bits per heavy atom. The van der Waals surface area contributed by atoms with Crippen molar-refractivity contribution in [2.24, 2.45) is 0 Å². The standard InChI is InChI=1S/C32H46N8O5/c1-22(2)33-30(41)7-6-19-45-27-21-25(44-20-18-38-17-16-37(4)31(42)23(38)3)8-9-26(27)24-12-14-39(15-13-24)29-11-10-28-34-35-32(43-5)40(28)36-29/h8-11,21-24H,6-7,12-20H2,1-5H3,(H,33,41)/t23-/m1/s1. The van der Waals surface area contributed by atoms with Gasteiger partial charge in [0.25, 0.3) is 0 Å². The van der Waals surface area contributed by atoms with E-state index in [9.17, 15) is 9.59 Å². The Kier molecular flexibility index (Phi) is 10.6. The predicted octanol–water partition coefficient (Wildman–Crippen LogP) is 2.74. The summed E-state index contributed by atoms with van der Waals surface area (Å²) in [6, 6.07) is 10.3. The molecule has 1 atom stereocenters. The summed E-state index contributed by atoms with van der Waals surface area (Å²) < 4.78 is 19.4. The molecule has 0 spiro atoms. The number of fused-ring (bicyclic) bond motifs is 1. The number of hydrogen-bond acceptors (Lipinski definition) is 10. The number of nitrogens with one attached hydrogen (secondary N) is 1. The van der Waals surface area contributed by atoms with Gasteiger partial charge >= 0.3 is 6.01 Å². The van der Waals surface area contributed by atoms with Crippen molar-refractivity contribution in [2.45, 2.75) is 64.5 Å². The van der Waals surface area contributed by atoms with E-state index in [0.29, 0.717) is 50.2 Å². The van der Waals surface area contributed by atoms with Crippen LogP contribution in [-0.4, -0.2) is 114 Å². The molecule has 2 aliphatic rings. The van der Waals surface area contributed by atoms with Crippen LogP contribution in [0.3, 0.4) is 0 Å². The molecule has 0 aliphatic carbocycles. The lowest BCUT2D eigenvalue weighted by Crippen LogP contribution is -2.55. The van der Waals surface area contributed by atoms with E-state index in [1.54, 1.807) is 16.5 Å². The number of benzene rings is 1. The van der Waals surface area contributed by atoms with Crippen molar-refractivity contribution in [1.29, 1.82) is 0 Å². The lowest BCUT2D eigenvalue weighted by atomic mass is 9.88. The Morgan fingerprint density at radius 3 is 2.60 bits per heavy atom. The first-order valence-electron chi connectivity index (χ1n) is 15.9. The van der Waals surface area contributed by atoms with Crippen molar-refractivity contribution >= 4 is 23.3 Å². The minimum absolute atomic E-state index is 0.0331. The molecule has 2 aliphatic heterocycles. The maximum absolute atomic E-state index is 12.4. The molecule has 2 aromatic heterocycles. The van der Waals surface area contributed by atoms with Crippen molar-refractivity contribution in [3.8, 4) is 17.5 Å². The largest absolute Gasteiger partial charge is 0.493 e. The number of amides is 2. The van der Waals surface area contributed by atoms with Gasteiger partial charge < -0.3 is 29.3 Å². The average molecular weight is 623 g/mol. The number of nitrogens with zero attached hydrogens (tertiary/aromatic N) is 7. The summed E-state index contributed by atoms with van der Waals surface area (Å²) in [5, 5.41) is 15.8. The van der Waals surface area contributed by atoms with Crippen LogP contribution < -0.4 is 24.4 Å². The summed E-state index contributed by atoms with van der Waals surface area (Å²) in [5.74, 6) is 2.87. The molecule has 0 radical (unpaired) electrons. The quantitative estimate of drug-likeness (QED) is 0.285. The lowest BCUT2D eigenvalue weighted by molar-refractivity contribution is -0.139. The molecule has 244 valence electrons. The second-order valence-corrected chi connectivity index (χ2v) is 12.1. The van der Waals surface area contributed by atoms with Crippen LogP contribution in [0.4, 0.5) is 5.82 Å². The van der Waals surface area contributed by atoms with E-state index >= 15 is 0 Å². The third kappa shape index (κ3) is 7.94. The van der Waals surface area contributed by atoms with Gasteiger partial charge in [0, 0.05) is 58.3 Å². The number of hydrogen-bond donors (Lipinski definition) is 1. The van der Waals surface area contributed by atoms with Crippen LogP contribution in [0.25, 0.3) is 5.65 Å². The summed E-state index contributed by atoms with van der Waals surface area (Å²) in [6.07, 6.45) is 2.90. The molecule has 4 heterocycles. The highest BCUT2D eigenvalue weighted by molar-refractivity contribution is 5.82. The van der Waals surface area contributed by atoms with Gasteiger partial charge in [0.1, 0.15) is 23.9 Å². The molecule has 13 nitrogen and oxygen atoms in total. The van der Waals surface area contributed by atoms with Crippen LogP contribution in [0.5, 0.6) is 17.5 Å². The molecule has 2 saturated heterocycles. The lowest BCUT2D eigenvalue weighted by Gasteiger charge is -2.37. The summed E-state index contributed by atoms with van der Waals surface area (Å²) in [4.78, 5) is 30.7. The first-order chi connectivity index (χ1) is 21.7. The van der Waals surface area contributed by atoms with Crippen molar-refractivity contribution in [3.63, 3.8) is 0 Å². The van der Waals surface area contributed by atoms with Gasteiger partial charge in [0.05, 0.1) is 19.8 Å². The van der Waals surface area contributed by atoms with Gasteiger partial charge in [-0.3, -0.25) is 14.5 Å². The van der Waals surface area contributed by atoms with Crippen LogP contribution in [-0.2, 0) is 9.59 Å². The fourth-order valence-electron chi connectivity index (χ4n) is 5.99. The van der Waals surface area contributed by atoms with E-state index in [-0.39, 0.29) is 23.9 Å². The van der Waals surface area contributed by atoms with Gasteiger partial charge in [-0.15, -0.1) is 10.2 Å². The molecule has 3 aromatic rings. The number of anilines is 1. The molecule has 0 saturated carbocycles. The SMILES string of the molecule is COc1nnc2ccc(N3CCC(c4ccc(OCCN5CCN(C)C(=O)[C@H]5C)cc4OCCCC(=O)NC(C)C)CC3)nn12. The topological polar surface area (TPSA) is 127 Å². The fourth-order valence-corrected chi connectivity index (χ4v) is 5.99. The monoisotopic (exact) mass is 622 g/mol. The molecular weight excluding hydrogens is 576 g/mol. The highest BCUT2D eigenvalue weighted by atomic mass is 16.5. The Morgan fingerprint density at radius 1 is 1.04 bits per heavy atom. The summed E-state index contributed by atoms with van der Waals surface area (Å²) in [6.45, 7) is 10.7. The molecule has 0 bridgehead atoms. The zero-order valence-electron chi connectivity index (χ0n) is 27.1. The summed E-state index contributed by atoms with van der Waals surface area (Å²) >= 11 is 0. The molecule has 2 fully saturated rings. The summed E-state index contributed by atoms with van der Waals surface area (Å²) in [5.41, 5.74) is 1.79. The van der Waals surface area contributed by atoms with Gasteiger partial charge in [0.15, 0.2) is 5.65 Å². The molecular formula is C32H46N8O5. The molecule has 2 amide bonds. The normalized spacial score (nSPS) is 18.1. The molecule has 1 N–H and O–H groups in total. The van der Waals surface area contributed by atoms with E-state index in [2.05, 4.69) is 31.4 Å². The van der Waals surface area contributed by atoms with Gasteiger partial charge in [-0.25, -0.2) is 0 Å². The van der Waals surface area contributed by atoms with E-state index in [1.165, 1.54) is 0 Å². The number of methoxy groups -OCH3 is 1. The minimum Gasteiger partial charge on any atom is -0.493 e. The van der Waals surface area contributed by atoms with Crippen molar-refractivity contribution < 1.29 is 23.8 Å². The number of carbonyl (C=O) groups is 2. The van der Waals surface area contributed by atoms with E-state index in [0.717, 1.165) is 61.9 Å². The number of carbonyl (C=O) groups excluding carboxylic acids is 2. The van der Waals surface area contributed by atoms with Crippen LogP contribution in [0.2, 0.25) is 0 Å². The van der Waals surface area contributed by atoms with E-state index < -0.39 is 0 Å². The average Bonchev–Trinajstić information content (AvgIpc) is 3.45. The number of aromatic nitrogens is 4. The third-order valence-corrected chi connectivity index (χ3v) is 8.55. The maximum Gasteiger partial charge on any atom is 0.338 e. The van der Waals surface area contributed by atoms with Crippen LogP contribution in [0.15, 0.2) is 30.3 Å². The highest BCUT2D eigenvalue weighted by Crippen LogP contribution is 2.37. The van der Waals surface area contributed by atoms with Crippen LogP contribution >= 0.6 is 0 Å². The Hall–Kier alpha value is -4.13. The number of likely N-dealkylation sites (N-methyl/N-ethyl adjacent to an activating group) is 1. The zero-order valence-corrected chi connectivity index (χ0v) is 27.1. The van der Waals surface area contributed by atoms with Gasteiger partial charge in [-0.05, 0) is 69.7 Å². The molecule has 0 unspecified atom stereocenters. The predicted molar refractivity (Wildman–Crippen MR) is 170 cm³/mol. The highest BCUT2D eigenvalue weighted by Gasteiger charge is 2.29. The zero-order chi connectivity index (χ0) is 31.9. The molecule has 1 aromatic carbocycles. The van der Waals surface area contributed by atoms with Gasteiger partial charge in [-0.1, -0.05) is 11.2 Å². The van der Waals surface area contributed by atoms with Crippen molar-refractivity contribution in [3.05, 3.63) is 35.9 Å².